The molecule has 0 aliphatic heterocycles. The van der Waals surface area contributed by atoms with E-state index in [0.717, 1.165) is 21.5 Å². The van der Waals surface area contributed by atoms with E-state index in [0.29, 0.717) is 23.5 Å². The first-order valence-electron chi connectivity index (χ1n) is 11.3. The van der Waals surface area contributed by atoms with Gasteiger partial charge in [0.05, 0.1) is 16.2 Å². The number of aryl methyl sites for hydroxylation is 1. The maximum absolute atomic E-state index is 13.2. The molecule has 0 spiro atoms. The van der Waals surface area contributed by atoms with Gasteiger partial charge in [-0.25, -0.2) is 8.42 Å². The van der Waals surface area contributed by atoms with Gasteiger partial charge in [-0.2, -0.15) is 9.30 Å². The Balaban J connectivity index is 1.60. The second-order valence-electron chi connectivity index (χ2n) is 7.84. The van der Waals surface area contributed by atoms with Crippen molar-refractivity contribution in [1.82, 2.24) is 8.87 Å². The molecule has 0 bridgehead atoms. The number of carbonyl (C=O) groups is 1. The number of rotatable bonds is 8. The van der Waals surface area contributed by atoms with Crippen LogP contribution < -0.4 is 9.54 Å². The van der Waals surface area contributed by atoms with E-state index in [-0.39, 0.29) is 11.4 Å². The van der Waals surface area contributed by atoms with Crippen molar-refractivity contribution in [1.29, 1.82) is 0 Å². The molecular formula is C26H27N3O4S2. The number of benzene rings is 3. The maximum Gasteiger partial charge on any atom is 0.279 e. The molecule has 0 radical (unpaired) electrons. The molecule has 0 saturated carbocycles. The molecule has 7 nitrogen and oxygen atoms in total. The summed E-state index contributed by atoms with van der Waals surface area (Å²) < 4.78 is 36.3. The van der Waals surface area contributed by atoms with E-state index >= 15 is 0 Å². The number of carbonyl (C=O) groups excluding carboxylic acids is 1. The highest BCUT2D eigenvalue weighted by Gasteiger charge is 2.23. The fraction of sp³-hybridized carbons (Fsp3) is 0.231. The SMILES string of the molecule is CCOc1cccc2sc(=NC(=O)c3ccc(S(=O)(=O)N(CC)Cc4ccccc4)cc3)n(C)c12. The Bertz CT molecular complexity index is 1510. The molecule has 0 aliphatic carbocycles. The average Bonchev–Trinajstić information content (AvgIpc) is 3.19. The van der Waals surface area contributed by atoms with Crippen LogP contribution in [0.3, 0.4) is 0 Å². The third kappa shape index (κ3) is 5.22. The van der Waals surface area contributed by atoms with Gasteiger partial charge in [0.1, 0.15) is 11.3 Å². The maximum atomic E-state index is 13.2. The van der Waals surface area contributed by atoms with E-state index in [9.17, 15) is 13.2 Å². The first-order chi connectivity index (χ1) is 16.8. The van der Waals surface area contributed by atoms with Crippen molar-refractivity contribution in [2.45, 2.75) is 25.3 Å². The third-order valence-corrected chi connectivity index (χ3v) is 8.61. The average molecular weight is 510 g/mol. The highest BCUT2D eigenvalue weighted by atomic mass is 32.2. The van der Waals surface area contributed by atoms with Crippen LogP contribution in [0.4, 0.5) is 0 Å². The number of hydrogen-bond donors (Lipinski definition) is 0. The number of aromatic nitrogens is 1. The van der Waals surface area contributed by atoms with Crippen LogP contribution in [0.5, 0.6) is 5.75 Å². The Morgan fingerprint density at radius 2 is 1.71 bits per heavy atom. The van der Waals surface area contributed by atoms with Gasteiger partial charge in [-0.05, 0) is 48.9 Å². The molecule has 0 atom stereocenters. The van der Waals surface area contributed by atoms with Gasteiger partial charge in [0.2, 0.25) is 10.0 Å². The lowest BCUT2D eigenvalue weighted by Gasteiger charge is -2.20. The second kappa shape index (κ2) is 10.6. The summed E-state index contributed by atoms with van der Waals surface area (Å²) in [5.41, 5.74) is 2.11. The van der Waals surface area contributed by atoms with Gasteiger partial charge >= 0.3 is 0 Å². The Morgan fingerprint density at radius 1 is 1.00 bits per heavy atom. The van der Waals surface area contributed by atoms with Crippen molar-refractivity contribution in [2.75, 3.05) is 13.2 Å². The van der Waals surface area contributed by atoms with Crippen molar-refractivity contribution in [2.24, 2.45) is 12.0 Å². The predicted molar refractivity (Wildman–Crippen MR) is 138 cm³/mol. The summed E-state index contributed by atoms with van der Waals surface area (Å²) in [7, 11) is -1.87. The molecule has 182 valence electrons. The van der Waals surface area contributed by atoms with Crippen LogP contribution in [0.15, 0.2) is 82.7 Å². The summed E-state index contributed by atoms with van der Waals surface area (Å²) in [4.78, 5) is 17.9. The van der Waals surface area contributed by atoms with Gasteiger partial charge in [0, 0.05) is 25.7 Å². The van der Waals surface area contributed by atoms with Crippen LogP contribution in [0, 0.1) is 0 Å². The zero-order chi connectivity index (χ0) is 25.0. The minimum atomic E-state index is -3.71. The van der Waals surface area contributed by atoms with Gasteiger partial charge < -0.3 is 9.30 Å². The standard InChI is InChI=1S/C26H27N3O4S2/c1-4-29(18-19-10-7-6-8-11-19)35(31,32)21-16-14-20(15-17-21)25(30)27-26-28(3)24-22(33-5-2)12-9-13-23(24)34-26/h6-17H,4-5,18H2,1-3H3. The Labute approximate surface area is 209 Å². The monoisotopic (exact) mass is 509 g/mol. The number of hydrogen-bond acceptors (Lipinski definition) is 5. The van der Waals surface area contributed by atoms with Crippen LogP contribution in [-0.2, 0) is 23.6 Å². The molecule has 9 heteroatoms. The van der Waals surface area contributed by atoms with Crippen molar-refractivity contribution in [3.05, 3.63) is 88.7 Å². The molecule has 4 aromatic rings. The molecule has 1 aromatic heterocycles. The minimum absolute atomic E-state index is 0.139. The van der Waals surface area contributed by atoms with Gasteiger partial charge in [0.15, 0.2) is 4.80 Å². The Morgan fingerprint density at radius 3 is 2.37 bits per heavy atom. The highest BCUT2D eigenvalue weighted by Crippen LogP contribution is 2.27. The fourth-order valence-electron chi connectivity index (χ4n) is 3.77. The van der Waals surface area contributed by atoms with E-state index in [4.69, 9.17) is 4.74 Å². The highest BCUT2D eigenvalue weighted by molar-refractivity contribution is 7.89. The summed E-state index contributed by atoms with van der Waals surface area (Å²) in [5, 5.41) is 0. The smallest absolute Gasteiger partial charge is 0.279 e. The zero-order valence-corrected chi connectivity index (χ0v) is 21.5. The van der Waals surface area contributed by atoms with Crippen LogP contribution in [0.1, 0.15) is 29.8 Å². The Hall–Kier alpha value is -3.27. The van der Waals surface area contributed by atoms with Crippen molar-refractivity contribution < 1.29 is 17.9 Å². The predicted octanol–water partition coefficient (Wildman–Crippen LogP) is 4.59. The quantitative estimate of drug-likeness (QED) is 0.348. The molecule has 0 saturated heterocycles. The lowest BCUT2D eigenvalue weighted by atomic mass is 10.2. The van der Waals surface area contributed by atoms with Crippen molar-refractivity contribution in [3.63, 3.8) is 0 Å². The molecular weight excluding hydrogens is 482 g/mol. The van der Waals surface area contributed by atoms with E-state index in [2.05, 4.69) is 4.99 Å². The zero-order valence-electron chi connectivity index (χ0n) is 19.8. The first kappa shape index (κ1) is 24.8. The molecule has 0 fully saturated rings. The van der Waals surface area contributed by atoms with Gasteiger partial charge in [-0.1, -0.05) is 54.7 Å². The van der Waals surface area contributed by atoms with Crippen LogP contribution in [0.2, 0.25) is 0 Å². The van der Waals surface area contributed by atoms with E-state index < -0.39 is 15.9 Å². The number of amides is 1. The second-order valence-corrected chi connectivity index (χ2v) is 10.8. The summed E-state index contributed by atoms with van der Waals surface area (Å²) in [6.45, 7) is 4.88. The molecule has 35 heavy (non-hydrogen) atoms. The largest absolute Gasteiger partial charge is 0.492 e. The number of sulfonamides is 1. The number of para-hydroxylation sites is 1. The normalized spacial score (nSPS) is 12.4. The summed E-state index contributed by atoms with van der Waals surface area (Å²) in [6.07, 6.45) is 0. The fourth-order valence-corrected chi connectivity index (χ4v) is 6.24. The molecule has 1 amide bonds. The topological polar surface area (TPSA) is 81.0 Å². The van der Waals surface area contributed by atoms with E-state index in [1.54, 1.807) is 6.92 Å². The molecule has 0 unspecified atom stereocenters. The molecule has 0 N–H and O–H groups in total. The molecule has 0 aliphatic rings. The lowest BCUT2D eigenvalue weighted by Crippen LogP contribution is -2.30. The minimum Gasteiger partial charge on any atom is -0.492 e. The van der Waals surface area contributed by atoms with Crippen molar-refractivity contribution >= 4 is 37.5 Å². The number of fused-ring (bicyclic) bond motifs is 1. The lowest BCUT2D eigenvalue weighted by molar-refractivity contribution is 0.0998. The summed E-state index contributed by atoms with van der Waals surface area (Å²) in [5.74, 6) is 0.300. The number of ether oxygens (including phenoxy) is 1. The van der Waals surface area contributed by atoms with Gasteiger partial charge in [0.25, 0.3) is 5.91 Å². The summed E-state index contributed by atoms with van der Waals surface area (Å²) >= 11 is 1.39. The first-order valence-corrected chi connectivity index (χ1v) is 13.5. The van der Waals surface area contributed by atoms with Crippen LogP contribution in [-0.4, -0.2) is 36.3 Å². The van der Waals surface area contributed by atoms with E-state index in [1.807, 2.05) is 67.1 Å². The summed E-state index contributed by atoms with van der Waals surface area (Å²) in [6, 6.07) is 21.1. The van der Waals surface area contributed by atoms with Crippen LogP contribution in [0.25, 0.3) is 10.2 Å². The van der Waals surface area contributed by atoms with Gasteiger partial charge in [-0.3, -0.25) is 4.79 Å². The van der Waals surface area contributed by atoms with E-state index in [1.165, 1.54) is 39.9 Å². The third-order valence-electron chi connectivity index (χ3n) is 5.58. The van der Waals surface area contributed by atoms with Gasteiger partial charge in [-0.15, -0.1) is 0 Å². The molecule has 4 rings (SSSR count). The van der Waals surface area contributed by atoms with Crippen molar-refractivity contribution in [3.8, 4) is 5.75 Å². The number of thiazole rings is 1. The number of nitrogens with zero attached hydrogens (tertiary/aromatic N) is 3. The molecule has 1 heterocycles. The molecule has 3 aromatic carbocycles. The Kier molecular flexibility index (Phi) is 7.49. The van der Waals surface area contributed by atoms with Crippen LogP contribution >= 0.6 is 11.3 Å².